The number of rotatable bonds is 3. The van der Waals surface area contributed by atoms with Gasteiger partial charge < -0.3 is 30.3 Å². The molecule has 238 valence electrons. The fraction of sp³-hybridized carbons (Fsp3) is 0.914. The van der Waals surface area contributed by atoms with E-state index in [4.69, 9.17) is 4.74 Å². The zero-order valence-electron chi connectivity index (χ0n) is 26.7. The molecule has 5 N–H and O–H groups in total. The Morgan fingerprint density at radius 2 is 1.57 bits per heavy atom. The Morgan fingerprint density at radius 3 is 2.26 bits per heavy atom. The second kappa shape index (κ2) is 10.1. The maximum atomic E-state index is 13.0. The number of aliphatic hydroxyl groups excluding tert-OH is 5. The lowest BCUT2D eigenvalue weighted by molar-refractivity contribution is -0.270. The molecule has 7 heteroatoms. The molecule has 8 unspecified atom stereocenters. The molecule has 7 nitrogen and oxygen atoms in total. The lowest BCUT2D eigenvalue weighted by atomic mass is 9.37. The molecule has 6 rings (SSSR count). The predicted octanol–water partition coefficient (Wildman–Crippen LogP) is 4.17. The fourth-order valence-corrected chi connectivity index (χ4v) is 12.0. The van der Waals surface area contributed by atoms with Gasteiger partial charge in [-0.3, -0.25) is 4.79 Å². The van der Waals surface area contributed by atoms with Gasteiger partial charge in [0.25, 0.3) is 0 Å². The van der Waals surface area contributed by atoms with Crippen LogP contribution in [0.3, 0.4) is 0 Å². The SMILES string of the molecule is CC1(C)CC[C@]2(C(O)[C@@H]3OC(CO)[C@H](O)C(O)C3O)CCC3C(=CCC4[C@@]3(C)CCC3C(C)(C)C(=O)CC[C@@]34C)C2C1. The van der Waals surface area contributed by atoms with Crippen LogP contribution in [0.25, 0.3) is 0 Å². The van der Waals surface area contributed by atoms with Crippen molar-refractivity contribution in [3.63, 3.8) is 0 Å². The van der Waals surface area contributed by atoms with Crippen molar-refractivity contribution >= 4 is 5.78 Å². The van der Waals surface area contributed by atoms with Gasteiger partial charge in [0.2, 0.25) is 0 Å². The van der Waals surface area contributed by atoms with Crippen molar-refractivity contribution in [2.24, 2.45) is 50.7 Å². The van der Waals surface area contributed by atoms with Gasteiger partial charge in [-0.1, -0.05) is 53.2 Å². The number of allylic oxidation sites excluding steroid dienone is 2. The van der Waals surface area contributed by atoms with Crippen LogP contribution in [-0.2, 0) is 9.53 Å². The number of fused-ring (bicyclic) bond motifs is 7. The molecule has 42 heavy (non-hydrogen) atoms. The monoisotopic (exact) mass is 588 g/mol. The Hall–Kier alpha value is -0.830. The van der Waals surface area contributed by atoms with Crippen molar-refractivity contribution < 1.29 is 35.1 Å². The molecule has 0 bridgehead atoms. The maximum Gasteiger partial charge on any atom is 0.138 e. The first-order chi connectivity index (χ1) is 19.5. The Balaban J connectivity index is 1.37. The predicted molar refractivity (Wildman–Crippen MR) is 159 cm³/mol. The van der Waals surface area contributed by atoms with Crippen LogP contribution in [0.5, 0.6) is 0 Å². The summed E-state index contributed by atoms with van der Waals surface area (Å²) in [5, 5.41) is 54.0. The van der Waals surface area contributed by atoms with Crippen LogP contribution in [0, 0.1) is 50.7 Å². The third kappa shape index (κ3) is 4.23. The molecule has 5 fully saturated rings. The topological polar surface area (TPSA) is 127 Å². The van der Waals surface area contributed by atoms with Gasteiger partial charge in [-0.2, -0.15) is 0 Å². The fourth-order valence-electron chi connectivity index (χ4n) is 12.0. The van der Waals surface area contributed by atoms with Crippen molar-refractivity contribution in [2.45, 2.75) is 142 Å². The minimum atomic E-state index is -1.49. The van der Waals surface area contributed by atoms with E-state index in [2.05, 4.69) is 47.6 Å². The van der Waals surface area contributed by atoms with Crippen LogP contribution in [0.1, 0.15) is 106 Å². The highest BCUT2D eigenvalue weighted by Gasteiger charge is 2.66. The van der Waals surface area contributed by atoms with Gasteiger partial charge in [0.05, 0.1) is 12.7 Å². The van der Waals surface area contributed by atoms with Gasteiger partial charge in [0.15, 0.2) is 0 Å². The lowest BCUT2D eigenvalue weighted by Crippen LogP contribution is -2.66. The summed E-state index contributed by atoms with van der Waals surface area (Å²) >= 11 is 0. The van der Waals surface area contributed by atoms with Gasteiger partial charge >= 0.3 is 0 Å². The molecule has 0 amide bonds. The van der Waals surface area contributed by atoms with Crippen LogP contribution in [0.4, 0.5) is 0 Å². The van der Waals surface area contributed by atoms with E-state index < -0.39 is 48.6 Å². The number of ether oxygens (including phenoxy) is 1. The van der Waals surface area contributed by atoms with Gasteiger partial charge in [-0.05, 0) is 97.7 Å². The molecule has 0 aromatic rings. The van der Waals surface area contributed by atoms with E-state index in [0.29, 0.717) is 30.0 Å². The number of carbonyl (C=O) groups excluding carboxylic acids is 1. The van der Waals surface area contributed by atoms with Crippen LogP contribution in [0.2, 0.25) is 0 Å². The molecule has 0 radical (unpaired) electrons. The van der Waals surface area contributed by atoms with E-state index >= 15 is 0 Å². The number of carbonyl (C=O) groups is 1. The number of ketones is 1. The van der Waals surface area contributed by atoms with E-state index in [0.717, 1.165) is 57.8 Å². The second-order valence-electron chi connectivity index (χ2n) is 17.2. The zero-order valence-corrected chi connectivity index (χ0v) is 26.7. The molecule has 13 atom stereocenters. The summed E-state index contributed by atoms with van der Waals surface area (Å²) in [5.41, 5.74) is 1.07. The molecule has 4 saturated carbocycles. The smallest absolute Gasteiger partial charge is 0.138 e. The van der Waals surface area contributed by atoms with Crippen molar-refractivity contribution in [3.8, 4) is 0 Å². The Labute approximate surface area is 252 Å². The number of aliphatic hydroxyl groups is 5. The summed E-state index contributed by atoms with van der Waals surface area (Å²) in [6.45, 7) is 13.5. The van der Waals surface area contributed by atoms with Crippen molar-refractivity contribution in [1.29, 1.82) is 0 Å². The van der Waals surface area contributed by atoms with Gasteiger partial charge in [0, 0.05) is 17.3 Å². The van der Waals surface area contributed by atoms with Crippen molar-refractivity contribution in [2.75, 3.05) is 6.61 Å². The normalized spacial score (nSPS) is 52.2. The third-order valence-electron chi connectivity index (χ3n) is 14.5. The minimum Gasteiger partial charge on any atom is -0.394 e. The van der Waals surface area contributed by atoms with E-state index in [1.165, 1.54) is 5.57 Å². The Bertz CT molecular complexity index is 1110. The summed E-state index contributed by atoms with van der Waals surface area (Å²) in [6.07, 6.45) is 4.39. The summed E-state index contributed by atoms with van der Waals surface area (Å²) in [7, 11) is 0. The number of hydrogen-bond donors (Lipinski definition) is 5. The third-order valence-corrected chi connectivity index (χ3v) is 14.5. The molecule has 0 spiro atoms. The first-order valence-electron chi connectivity index (χ1n) is 16.8. The minimum absolute atomic E-state index is 0.112. The average molecular weight is 589 g/mol. The summed E-state index contributed by atoms with van der Waals surface area (Å²) in [5.74, 6) is 1.90. The molecule has 0 aromatic carbocycles. The highest BCUT2D eigenvalue weighted by atomic mass is 16.6. The van der Waals surface area contributed by atoms with Crippen LogP contribution >= 0.6 is 0 Å². The van der Waals surface area contributed by atoms with E-state index in [1.54, 1.807) is 0 Å². The first kappa shape index (κ1) is 31.2. The molecule has 5 aliphatic carbocycles. The molecular formula is C35H56O7. The van der Waals surface area contributed by atoms with Gasteiger partial charge in [-0.15, -0.1) is 0 Å². The molecule has 1 aliphatic heterocycles. The quantitative estimate of drug-likeness (QED) is 0.313. The largest absolute Gasteiger partial charge is 0.394 e. The summed E-state index contributed by atoms with van der Waals surface area (Å²) in [6, 6.07) is 0. The van der Waals surface area contributed by atoms with Gasteiger partial charge in [0.1, 0.15) is 36.3 Å². The average Bonchev–Trinajstić information content (AvgIpc) is 2.93. The molecule has 1 heterocycles. The highest BCUT2D eigenvalue weighted by Crippen LogP contribution is 2.72. The van der Waals surface area contributed by atoms with E-state index in [9.17, 15) is 30.3 Å². The van der Waals surface area contributed by atoms with Crippen LogP contribution in [-0.4, -0.2) is 74.5 Å². The Kier molecular flexibility index (Phi) is 7.48. The van der Waals surface area contributed by atoms with E-state index in [1.807, 2.05) is 0 Å². The van der Waals surface area contributed by atoms with Crippen LogP contribution < -0.4 is 0 Å². The molecule has 0 aromatic heterocycles. The zero-order chi connectivity index (χ0) is 30.6. The standard InChI is InChI=1S/C35H56O7/c1-31(2)15-16-35(30(41)29-28(40)27(39)26(38)22(18-36)42-29)14-9-20-19(21(35)17-31)7-8-24-33(20,5)12-10-23-32(3,4)25(37)11-13-34(23,24)6/h7,20-24,26-30,36,38-41H,8-18H2,1-6H3/t20?,21?,22?,23?,24?,26-,27?,28?,29+,30?,33-,34-,35+/m0/s1. The van der Waals surface area contributed by atoms with Crippen molar-refractivity contribution in [1.82, 2.24) is 0 Å². The maximum absolute atomic E-state index is 13.0. The lowest BCUT2D eigenvalue weighted by Gasteiger charge is -2.68. The second-order valence-corrected chi connectivity index (χ2v) is 17.2. The number of Topliss-reactive ketones (excluding diaryl/α,β-unsaturated/α-hetero) is 1. The number of hydrogen-bond acceptors (Lipinski definition) is 7. The van der Waals surface area contributed by atoms with Crippen molar-refractivity contribution in [3.05, 3.63) is 11.6 Å². The first-order valence-corrected chi connectivity index (χ1v) is 16.8. The summed E-state index contributed by atoms with van der Waals surface area (Å²) < 4.78 is 5.98. The van der Waals surface area contributed by atoms with Crippen LogP contribution in [0.15, 0.2) is 11.6 Å². The molecule has 1 saturated heterocycles. The van der Waals surface area contributed by atoms with Gasteiger partial charge in [-0.25, -0.2) is 0 Å². The van der Waals surface area contributed by atoms with E-state index in [-0.39, 0.29) is 27.6 Å². The molecule has 6 aliphatic rings. The Morgan fingerprint density at radius 1 is 0.857 bits per heavy atom. The highest BCUT2D eigenvalue weighted by molar-refractivity contribution is 5.85. The molecular weight excluding hydrogens is 532 g/mol. The summed E-state index contributed by atoms with van der Waals surface area (Å²) in [4.78, 5) is 13.0.